The monoisotopic (exact) mass is 360 g/mol. The average molecular weight is 361 g/mol. The highest BCUT2D eigenvalue weighted by molar-refractivity contribution is 9.08. The zero-order valence-corrected chi connectivity index (χ0v) is 13.7. The molecule has 114 valence electrons. The second-order valence-electron chi connectivity index (χ2n) is 5.10. The van der Waals surface area contributed by atoms with E-state index in [1.807, 2.05) is 18.3 Å². The molecule has 3 rings (SSSR count). The molecule has 2 aromatic rings. The fourth-order valence-electron chi connectivity index (χ4n) is 2.34. The summed E-state index contributed by atoms with van der Waals surface area (Å²) in [6, 6.07) is 7.25. The van der Waals surface area contributed by atoms with Gasteiger partial charge in [0.15, 0.2) is 0 Å². The summed E-state index contributed by atoms with van der Waals surface area (Å²) in [5, 5.41) is 0.698. The van der Waals surface area contributed by atoms with Crippen molar-refractivity contribution >= 4 is 27.4 Å². The van der Waals surface area contributed by atoms with Gasteiger partial charge in [-0.2, -0.15) is 0 Å². The van der Waals surface area contributed by atoms with E-state index in [2.05, 4.69) is 43.4 Å². The Balaban J connectivity index is 1.76. The molecule has 1 N–H and O–H groups in total. The van der Waals surface area contributed by atoms with E-state index >= 15 is 0 Å². The molecular weight excluding hydrogens is 344 g/mol. The summed E-state index contributed by atoms with van der Waals surface area (Å²) in [7, 11) is 0. The number of anilines is 2. The van der Waals surface area contributed by atoms with Gasteiger partial charge >= 0.3 is 0 Å². The maximum absolute atomic E-state index is 11.8. The first-order valence-electron chi connectivity index (χ1n) is 7.17. The molecule has 0 bridgehead atoms. The Morgan fingerprint density at radius 1 is 1.23 bits per heavy atom. The highest BCUT2D eigenvalue weighted by atomic mass is 79.9. The normalized spacial score (nSPS) is 14.1. The van der Waals surface area contributed by atoms with Gasteiger partial charge in [-0.3, -0.25) is 10.2 Å². The molecular formula is C16H17BrN4O. The van der Waals surface area contributed by atoms with Gasteiger partial charge < -0.3 is 4.90 Å². The molecule has 3 heterocycles. The van der Waals surface area contributed by atoms with Crippen LogP contribution in [0.2, 0.25) is 0 Å². The van der Waals surface area contributed by atoms with Crippen molar-refractivity contribution in [1.29, 1.82) is 0 Å². The smallest absolute Gasteiger partial charge is 0.269 e. The zero-order valence-electron chi connectivity index (χ0n) is 12.1. The lowest BCUT2D eigenvalue weighted by Gasteiger charge is -2.25. The third-order valence-electron chi connectivity index (χ3n) is 3.53. The number of halogens is 1. The summed E-state index contributed by atoms with van der Waals surface area (Å²) < 4.78 is 1.45. The number of nitrogens with zero attached hydrogens (tertiary/aromatic N) is 3. The van der Waals surface area contributed by atoms with Crippen molar-refractivity contribution in [3.05, 3.63) is 64.7 Å². The van der Waals surface area contributed by atoms with Crippen LogP contribution in [0.5, 0.6) is 0 Å². The molecule has 6 heteroatoms. The summed E-state index contributed by atoms with van der Waals surface area (Å²) in [4.78, 5) is 18.5. The fraction of sp³-hybridized carbons (Fsp3) is 0.250. The molecule has 0 saturated heterocycles. The molecule has 0 atom stereocenters. The predicted molar refractivity (Wildman–Crippen MR) is 92.6 cm³/mol. The summed E-state index contributed by atoms with van der Waals surface area (Å²) in [5.41, 5.74) is 5.01. The number of hydrogen-bond acceptors (Lipinski definition) is 4. The van der Waals surface area contributed by atoms with E-state index in [1.54, 1.807) is 12.3 Å². The molecule has 0 aliphatic carbocycles. The van der Waals surface area contributed by atoms with Crippen molar-refractivity contribution in [3.8, 4) is 0 Å². The first-order chi connectivity index (χ1) is 10.8. The van der Waals surface area contributed by atoms with Gasteiger partial charge in [0.1, 0.15) is 5.82 Å². The van der Waals surface area contributed by atoms with Gasteiger partial charge in [-0.05, 0) is 24.1 Å². The van der Waals surface area contributed by atoms with E-state index in [4.69, 9.17) is 0 Å². The highest BCUT2D eigenvalue weighted by Gasteiger charge is 2.07. The van der Waals surface area contributed by atoms with Crippen LogP contribution in [0.25, 0.3) is 0 Å². The van der Waals surface area contributed by atoms with Crippen LogP contribution in [-0.2, 0) is 5.33 Å². The van der Waals surface area contributed by atoms with Crippen molar-refractivity contribution in [3.63, 3.8) is 0 Å². The molecule has 22 heavy (non-hydrogen) atoms. The summed E-state index contributed by atoms with van der Waals surface area (Å²) in [6.07, 6.45) is 9.03. The lowest BCUT2D eigenvalue weighted by molar-refractivity contribution is 0.817. The molecule has 0 radical (unpaired) electrons. The molecule has 0 amide bonds. The third kappa shape index (κ3) is 3.39. The van der Waals surface area contributed by atoms with E-state index in [0.717, 1.165) is 30.8 Å². The van der Waals surface area contributed by atoms with Crippen LogP contribution in [0.15, 0.2) is 53.6 Å². The second kappa shape index (κ2) is 6.79. The maximum Gasteiger partial charge on any atom is 0.269 e. The summed E-state index contributed by atoms with van der Waals surface area (Å²) in [5.74, 6) is 0.644. The van der Waals surface area contributed by atoms with Crippen molar-refractivity contribution in [2.75, 3.05) is 23.4 Å². The Morgan fingerprint density at radius 2 is 2.14 bits per heavy atom. The number of hydrogen-bond donors (Lipinski definition) is 1. The van der Waals surface area contributed by atoms with Crippen LogP contribution in [0.1, 0.15) is 12.0 Å². The van der Waals surface area contributed by atoms with Crippen LogP contribution < -0.4 is 15.9 Å². The minimum Gasteiger partial charge on any atom is -0.366 e. The standard InChI is InChI=1S/C16H17BrN4O/c17-10-13-4-7-16(22)21(12-13)19-15-6-5-14(11-18-15)20-8-2-1-3-9-20/h1-2,4-7,11-12H,3,8-10H2,(H,18,19). The van der Waals surface area contributed by atoms with Gasteiger partial charge in [0, 0.05) is 30.7 Å². The van der Waals surface area contributed by atoms with Crippen LogP contribution in [0.3, 0.4) is 0 Å². The molecule has 0 saturated carbocycles. The summed E-state index contributed by atoms with van der Waals surface area (Å²) in [6.45, 7) is 1.93. The van der Waals surface area contributed by atoms with Gasteiger partial charge in [-0.25, -0.2) is 9.66 Å². The first kappa shape index (κ1) is 14.8. The van der Waals surface area contributed by atoms with Crippen LogP contribution in [0.4, 0.5) is 11.5 Å². The van der Waals surface area contributed by atoms with Crippen molar-refractivity contribution in [2.24, 2.45) is 0 Å². The minimum absolute atomic E-state index is 0.114. The van der Waals surface area contributed by atoms with Crippen molar-refractivity contribution in [2.45, 2.75) is 11.8 Å². The SMILES string of the molecule is O=c1ccc(CBr)cn1Nc1ccc(N2CC=CCC2)cn1. The quantitative estimate of drug-likeness (QED) is 0.672. The third-order valence-corrected chi connectivity index (χ3v) is 4.18. The van der Waals surface area contributed by atoms with Gasteiger partial charge in [-0.1, -0.05) is 34.1 Å². The van der Waals surface area contributed by atoms with Gasteiger partial charge in [-0.15, -0.1) is 0 Å². The molecule has 1 aliphatic heterocycles. The van der Waals surface area contributed by atoms with Crippen molar-refractivity contribution < 1.29 is 0 Å². The predicted octanol–water partition coefficient (Wildman–Crippen LogP) is 2.78. The van der Waals surface area contributed by atoms with E-state index in [-0.39, 0.29) is 5.56 Å². The first-order valence-corrected chi connectivity index (χ1v) is 8.29. The Bertz CT molecular complexity index is 724. The Morgan fingerprint density at radius 3 is 2.82 bits per heavy atom. The van der Waals surface area contributed by atoms with Gasteiger partial charge in [0.2, 0.25) is 0 Å². The second-order valence-corrected chi connectivity index (χ2v) is 5.66. The van der Waals surface area contributed by atoms with E-state index in [0.29, 0.717) is 11.1 Å². The van der Waals surface area contributed by atoms with Crippen molar-refractivity contribution in [1.82, 2.24) is 9.66 Å². The van der Waals surface area contributed by atoms with Crippen LogP contribution in [-0.4, -0.2) is 22.7 Å². The number of alkyl halides is 1. The Hall–Kier alpha value is -2.08. The number of aromatic nitrogens is 2. The van der Waals surface area contributed by atoms with E-state index in [9.17, 15) is 4.79 Å². The summed E-state index contributed by atoms with van der Waals surface area (Å²) >= 11 is 3.39. The molecule has 0 aromatic carbocycles. The topological polar surface area (TPSA) is 50.2 Å². The van der Waals surface area contributed by atoms with E-state index in [1.165, 1.54) is 10.7 Å². The molecule has 0 spiro atoms. The lowest BCUT2D eigenvalue weighted by Crippen LogP contribution is -2.27. The Kier molecular flexibility index (Phi) is 4.58. The van der Waals surface area contributed by atoms with Gasteiger partial charge in [0.05, 0.1) is 11.9 Å². The molecule has 5 nitrogen and oxygen atoms in total. The van der Waals surface area contributed by atoms with Gasteiger partial charge in [0.25, 0.3) is 5.56 Å². The number of pyridine rings is 2. The zero-order chi connectivity index (χ0) is 15.4. The maximum atomic E-state index is 11.8. The molecule has 0 unspecified atom stereocenters. The number of nitrogens with one attached hydrogen (secondary N) is 1. The lowest BCUT2D eigenvalue weighted by atomic mass is 10.2. The molecule has 0 fully saturated rings. The minimum atomic E-state index is -0.114. The molecule has 1 aliphatic rings. The molecule has 2 aromatic heterocycles. The number of rotatable bonds is 4. The van der Waals surface area contributed by atoms with E-state index < -0.39 is 0 Å². The van der Waals surface area contributed by atoms with Crippen LogP contribution >= 0.6 is 15.9 Å². The highest BCUT2D eigenvalue weighted by Crippen LogP contribution is 2.17. The fourth-order valence-corrected chi connectivity index (χ4v) is 2.67. The Labute approximate surface area is 137 Å². The largest absolute Gasteiger partial charge is 0.366 e. The average Bonchev–Trinajstić information content (AvgIpc) is 2.58. The van der Waals surface area contributed by atoms with Crippen LogP contribution in [0, 0.1) is 0 Å².